The lowest BCUT2D eigenvalue weighted by Crippen LogP contribution is -2.50. The van der Waals surface area contributed by atoms with E-state index in [1.54, 1.807) is 17.0 Å². The van der Waals surface area contributed by atoms with Crippen molar-refractivity contribution < 1.29 is 9.53 Å². The molecule has 0 spiro atoms. The quantitative estimate of drug-likeness (QED) is 0.885. The van der Waals surface area contributed by atoms with Crippen molar-refractivity contribution in [2.24, 2.45) is 0 Å². The van der Waals surface area contributed by atoms with Crippen LogP contribution in [0.1, 0.15) is 25.0 Å². The van der Waals surface area contributed by atoms with Crippen LogP contribution >= 0.6 is 0 Å². The summed E-state index contributed by atoms with van der Waals surface area (Å²) in [6.07, 6.45) is 0.0331. The number of aryl methyl sites for hydroxylation is 1. The molecule has 23 heavy (non-hydrogen) atoms. The Hall–Kier alpha value is -2.49. The Morgan fingerprint density at radius 3 is 2.52 bits per heavy atom. The molecule has 4 heteroatoms. The molecule has 1 aliphatic heterocycles. The SMILES string of the molecule is Cc1ccc(CC2Oc3cc(N)ccc3N(C(C)C)C2=O)cc1. The van der Waals surface area contributed by atoms with E-state index in [2.05, 4.69) is 12.1 Å². The number of carbonyl (C=O) groups is 1. The minimum Gasteiger partial charge on any atom is -0.478 e. The summed E-state index contributed by atoms with van der Waals surface area (Å²) in [6.45, 7) is 6.06. The number of nitrogen functional groups attached to an aromatic ring is 1. The zero-order chi connectivity index (χ0) is 16.6. The first-order chi connectivity index (χ1) is 11.0. The van der Waals surface area contributed by atoms with Gasteiger partial charge < -0.3 is 15.4 Å². The summed E-state index contributed by atoms with van der Waals surface area (Å²) < 4.78 is 5.97. The van der Waals surface area contributed by atoms with Crippen LogP contribution in [-0.2, 0) is 11.2 Å². The molecule has 1 aliphatic rings. The highest BCUT2D eigenvalue weighted by atomic mass is 16.5. The molecule has 0 bridgehead atoms. The number of hydrogen-bond acceptors (Lipinski definition) is 3. The van der Waals surface area contributed by atoms with Crippen LogP contribution in [0.5, 0.6) is 5.75 Å². The van der Waals surface area contributed by atoms with Crippen LogP contribution in [0.2, 0.25) is 0 Å². The van der Waals surface area contributed by atoms with E-state index in [-0.39, 0.29) is 11.9 Å². The lowest BCUT2D eigenvalue weighted by atomic mass is 10.0. The molecule has 1 unspecified atom stereocenters. The van der Waals surface area contributed by atoms with Gasteiger partial charge in [0, 0.05) is 24.2 Å². The van der Waals surface area contributed by atoms with Crippen molar-refractivity contribution in [1.29, 1.82) is 0 Å². The van der Waals surface area contributed by atoms with Crippen molar-refractivity contribution in [3.05, 3.63) is 53.6 Å². The van der Waals surface area contributed by atoms with Gasteiger partial charge in [0.1, 0.15) is 5.75 Å². The number of anilines is 2. The first kappa shape index (κ1) is 15.4. The fourth-order valence-corrected chi connectivity index (χ4v) is 2.90. The predicted molar refractivity (Wildman–Crippen MR) is 92.8 cm³/mol. The van der Waals surface area contributed by atoms with Gasteiger partial charge in [-0.2, -0.15) is 0 Å². The molecule has 0 saturated carbocycles. The molecule has 1 atom stereocenters. The van der Waals surface area contributed by atoms with Crippen molar-refractivity contribution in [3.63, 3.8) is 0 Å². The van der Waals surface area contributed by atoms with Crippen LogP contribution < -0.4 is 15.4 Å². The average Bonchev–Trinajstić information content (AvgIpc) is 2.50. The molecule has 1 heterocycles. The fourth-order valence-electron chi connectivity index (χ4n) is 2.90. The van der Waals surface area contributed by atoms with Gasteiger partial charge in [0.15, 0.2) is 6.10 Å². The molecule has 2 N–H and O–H groups in total. The number of ether oxygens (including phenoxy) is 1. The number of rotatable bonds is 3. The predicted octanol–water partition coefficient (Wildman–Crippen LogP) is 3.32. The second-order valence-corrected chi connectivity index (χ2v) is 6.33. The highest BCUT2D eigenvalue weighted by Gasteiger charge is 2.35. The van der Waals surface area contributed by atoms with Crippen molar-refractivity contribution in [2.45, 2.75) is 39.3 Å². The Labute approximate surface area is 136 Å². The number of nitrogens with two attached hydrogens (primary N) is 1. The van der Waals surface area contributed by atoms with Gasteiger partial charge in [-0.05, 0) is 38.5 Å². The van der Waals surface area contributed by atoms with E-state index in [0.29, 0.717) is 17.9 Å². The summed E-state index contributed by atoms with van der Waals surface area (Å²) in [5.41, 5.74) is 9.58. The summed E-state index contributed by atoms with van der Waals surface area (Å²) >= 11 is 0. The molecule has 0 aromatic heterocycles. The van der Waals surface area contributed by atoms with Crippen LogP contribution in [0.25, 0.3) is 0 Å². The van der Waals surface area contributed by atoms with Crippen LogP contribution in [0.4, 0.5) is 11.4 Å². The van der Waals surface area contributed by atoms with Crippen molar-refractivity contribution in [2.75, 3.05) is 10.6 Å². The molecule has 0 aliphatic carbocycles. The van der Waals surface area contributed by atoms with E-state index in [1.807, 2.05) is 39.0 Å². The summed E-state index contributed by atoms with van der Waals surface area (Å²) in [7, 11) is 0. The summed E-state index contributed by atoms with van der Waals surface area (Å²) in [5.74, 6) is 0.674. The molecule has 0 fully saturated rings. The van der Waals surface area contributed by atoms with Gasteiger partial charge in [-0.25, -0.2) is 0 Å². The van der Waals surface area contributed by atoms with Gasteiger partial charge >= 0.3 is 0 Å². The summed E-state index contributed by atoms with van der Waals surface area (Å²) in [6, 6.07) is 13.7. The van der Waals surface area contributed by atoms with Gasteiger partial charge in [0.05, 0.1) is 5.69 Å². The second-order valence-electron chi connectivity index (χ2n) is 6.33. The Balaban J connectivity index is 1.93. The van der Waals surface area contributed by atoms with Crippen LogP contribution in [0.15, 0.2) is 42.5 Å². The largest absolute Gasteiger partial charge is 0.478 e. The van der Waals surface area contributed by atoms with E-state index >= 15 is 0 Å². The first-order valence-corrected chi connectivity index (χ1v) is 7.90. The number of benzene rings is 2. The molecule has 1 amide bonds. The third-order valence-electron chi connectivity index (χ3n) is 4.08. The van der Waals surface area contributed by atoms with Crippen molar-refractivity contribution in [3.8, 4) is 5.75 Å². The molecule has 0 radical (unpaired) electrons. The maximum absolute atomic E-state index is 12.9. The Bertz CT molecular complexity index is 723. The van der Waals surface area contributed by atoms with Gasteiger partial charge in [0.25, 0.3) is 5.91 Å². The average molecular weight is 310 g/mol. The topological polar surface area (TPSA) is 55.6 Å². The Kier molecular flexibility index (Phi) is 3.99. The molecule has 4 nitrogen and oxygen atoms in total. The number of nitrogens with zero attached hydrogens (tertiary/aromatic N) is 1. The number of amides is 1. The first-order valence-electron chi connectivity index (χ1n) is 7.90. The highest BCUT2D eigenvalue weighted by molar-refractivity contribution is 6.00. The highest BCUT2D eigenvalue weighted by Crippen LogP contribution is 2.37. The maximum atomic E-state index is 12.9. The van der Waals surface area contributed by atoms with E-state index < -0.39 is 6.10 Å². The lowest BCUT2D eigenvalue weighted by molar-refractivity contribution is -0.126. The molecule has 3 rings (SSSR count). The molecular formula is C19H22N2O2. The number of carbonyl (C=O) groups excluding carboxylic acids is 1. The monoisotopic (exact) mass is 310 g/mol. The van der Waals surface area contributed by atoms with Crippen LogP contribution in [0.3, 0.4) is 0 Å². The molecule has 0 saturated heterocycles. The zero-order valence-corrected chi connectivity index (χ0v) is 13.7. The second kappa shape index (κ2) is 5.95. The Morgan fingerprint density at radius 1 is 1.17 bits per heavy atom. The molecule has 2 aromatic rings. The summed E-state index contributed by atoms with van der Waals surface area (Å²) in [4.78, 5) is 14.7. The van der Waals surface area contributed by atoms with E-state index in [1.165, 1.54) is 5.56 Å². The third kappa shape index (κ3) is 3.02. The zero-order valence-electron chi connectivity index (χ0n) is 13.7. The molecule has 2 aromatic carbocycles. The smallest absolute Gasteiger partial charge is 0.268 e. The van der Waals surface area contributed by atoms with Gasteiger partial charge in [-0.1, -0.05) is 29.8 Å². The minimum absolute atomic E-state index is 0.00199. The van der Waals surface area contributed by atoms with Gasteiger partial charge in [-0.3, -0.25) is 4.79 Å². The van der Waals surface area contributed by atoms with Gasteiger partial charge in [0.2, 0.25) is 0 Å². The molecule has 120 valence electrons. The lowest BCUT2D eigenvalue weighted by Gasteiger charge is -2.37. The third-order valence-corrected chi connectivity index (χ3v) is 4.08. The normalized spacial score (nSPS) is 17.1. The van der Waals surface area contributed by atoms with E-state index in [4.69, 9.17) is 10.5 Å². The fraction of sp³-hybridized carbons (Fsp3) is 0.316. The van der Waals surface area contributed by atoms with Crippen molar-refractivity contribution in [1.82, 2.24) is 0 Å². The summed E-state index contributed by atoms with van der Waals surface area (Å²) in [5, 5.41) is 0. The van der Waals surface area contributed by atoms with Crippen molar-refractivity contribution >= 4 is 17.3 Å². The van der Waals surface area contributed by atoms with Crippen LogP contribution in [-0.4, -0.2) is 18.1 Å². The standard InChI is InChI=1S/C19H22N2O2/c1-12(2)21-16-9-8-15(20)11-17(16)23-18(19(21)22)10-14-6-4-13(3)5-7-14/h4-9,11-12,18H,10,20H2,1-3H3. The van der Waals surface area contributed by atoms with Crippen LogP contribution in [0, 0.1) is 6.92 Å². The minimum atomic E-state index is -0.519. The Morgan fingerprint density at radius 2 is 1.87 bits per heavy atom. The van der Waals surface area contributed by atoms with Gasteiger partial charge in [-0.15, -0.1) is 0 Å². The number of hydrogen-bond donors (Lipinski definition) is 1. The maximum Gasteiger partial charge on any atom is 0.268 e. The van der Waals surface area contributed by atoms with E-state index in [0.717, 1.165) is 11.3 Å². The van der Waals surface area contributed by atoms with E-state index in [9.17, 15) is 4.79 Å². The number of fused-ring (bicyclic) bond motifs is 1. The molecular weight excluding hydrogens is 288 g/mol.